The maximum absolute atomic E-state index is 13.0. The van der Waals surface area contributed by atoms with Gasteiger partial charge in [0.05, 0.1) is 83.0 Å². The zero-order valence-electron chi connectivity index (χ0n) is 69.6. The fourth-order valence-corrected chi connectivity index (χ4v) is 15.2. The number of imide groups is 4. The van der Waals surface area contributed by atoms with E-state index in [0.29, 0.717) is 98.4 Å². The number of rotatable bonds is 14. The van der Waals surface area contributed by atoms with Gasteiger partial charge in [-0.25, -0.2) is 38.7 Å². The van der Waals surface area contributed by atoms with Crippen LogP contribution in [0.1, 0.15) is 110 Å². The number of aryl methyl sites for hydroxylation is 1. The molecular formula is C89H74N20O21. The zero-order chi connectivity index (χ0) is 92.3. The number of benzene rings is 6. The Morgan fingerprint density at radius 3 is 1.19 bits per heavy atom. The minimum Gasteiger partial charge on any atom is -0.497 e. The van der Waals surface area contributed by atoms with Crippen LogP contribution in [0, 0.1) is 47.4 Å². The highest BCUT2D eigenvalue weighted by Gasteiger charge is 2.53. The van der Waals surface area contributed by atoms with E-state index < -0.39 is 86.8 Å². The number of anilines is 2. The van der Waals surface area contributed by atoms with E-state index in [1.807, 2.05) is 25.1 Å². The first-order chi connectivity index (χ1) is 62.3. The van der Waals surface area contributed by atoms with Crippen molar-refractivity contribution in [3.8, 4) is 70.4 Å². The molecular weight excluding hydrogens is 1690 g/mol. The number of aromatic amines is 3. The Bertz CT molecular complexity index is 6940. The van der Waals surface area contributed by atoms with Gasteiger partial charge in [-0.2, -0.15) is 0 Å². The number of pyridine rings is 1. The number of aromatic nitrogens is 5. The van der Waals surface area contributed by atoms with Crippen LogP contribution in [-0.4, -0.2) is 211 Å². The predicted octanol–water partition coefficient (Wildman–Crippen LogP) is 0.969. The Labute approximate surface area is 734 Å². The van der Waals surface area contributed by atoms with Gasteiger partial charge in [-0.05, 0) is 132 Å². The first kappa shape index (κ1) is 87.0. The lowest BCUT2D eigenvalue weighted by Gasteiger charge is -2.26. The van der Waals surface area contributed by atoms with E-state index in [-0.39, 0.29) is 92.1 Å². The van der Waals surface area contributed by atoms with E-state index in [2.05, 4.69) is 125 Å². The SMILES string of the molecule is CON=C(C)c1ccc(C#C[C@]2(CN3Cc4ccc(OC)cc4C3=O)NC(=O)NC2=O)cc1.COc1ccc2c(c1)C(=O)N(C[C@@]1(C#Cc3ccc4[nH]c(=O)[nH]c(=O)c4c3)NC(=O)NC1=O)C2.COc1ccc2c(c1)C(=O)N(C[C@@]1(C#Cc3cnc(=O)[nH]c3N)NC(=O)NC1=O)C2.COc1ccc2c(c1)C(=O)N(C[C@@]1(C#Cc3cnc4c(c3)CCC(=O)N4)NC(=O)NC1=O)C2. The number of hydrogen-bond donors (Lipinski definition) is 13. The fourth-order valence-electron chi connectivity index (χ4n) is 15.2. The molecule has 0 aliphatic carbocycles. The van der Waals surface area contributed by atoms with Crippen LogP contribution in [0.25, 0.3) is 10.9 Å². The maximum Gasteiger partial charge on any atom is 0.346 e. The van der Waals surface area contributed by atoms with Gasteiger partial charge in [0.1, 0.15) is 41.7 Å². The summed E-state index contributed by atoms with van der Waals surface area (Å²) in [7, 11) is 7.52. The average Bonchev–Trinajstić information content (AvgIpc) is 1.63. The minimum absolute atomic E-state index is 0.0286. The first-order valence-electron chi connectivity index (χ1n) is 39.4. The summed E-state index contributed by atoms with van der Waals surface area (Å²) in [5.41, 5.74) is 6.81. The molecule has 4 saturated heterocycles. The number of nitrogens with zero attached hydrogens (tertiary/aromatic N) is 7. The normalized spacial score (nSPS) is 19.7. The number of carbonyl (C=O) groups excluding carboxylic acids is 13. The van der Waals surface area contributed by atoms with Crippen LogP contribution < -0.4 is 89.5 Å². The van der Waals surface area contributed by atoms with Gasteiger partial charge >= 0.3 is 35.5 Å². The minimum atomic E-state index is -1.69. The number of ether oxygens (including phenoxy) is 4. The highest BCUT2D eigenvalue weighted by molar-refractivity contribution is 6.13. The summed E-state index contributed by atoms with van der Waals surface area (Å²) in [6, 6.07) is 31.5. The van der Waals surface area contributed by atoms with Gasteiger partial charge in [-0.3, -0.25) is 79.2 Å². The van der Waals surface area contributed by atoms with Crippen LogP contribution >= 0.6 is 0 Å². The van der Waals surface area contributed by atoms with Crippen LogP contribution in [0.3, 0.4) is 0 Å². The Balaban J connectivity index is 0.000000133. The van der Waals surface area contributed by atoms with E-state index >= 15 is 0 Å². The van der Waals surface area contributed by atoms with Crippen LogP contribution in [0.2, 0.25) is 0 Å². The van der Waals surface area contributed by atoms with E-state index in [9.17, 15) is 76.7 Å². The van der Waals surface area contributed by atoms with Crippen LogP contribution in [0.5, 0.6) is 23.0 Å². The lowest BCUT2D eigenvalue weighted by Crippen LogP contribution is -2.54. The molecule has 130 heavy (non-hydrogen) atoms. The molecule has 9 aliphatic heterocycles. The van der Waals surface area contributed by atoms with Gasteiger partial charge in [0.2, 0.25) is 28.1 Å². The number of methoxy groups -OCH3 is 4. The summed E-state index contributed by atoms with van der Waals surface area (Å²) in [5, 5.41) is 25.8. The maximum atomic E-state index is 13.0. The molecule has 14 N–H and O–H groups in total. The second-order valence-electron chi connectivity index (χ2n) is 30.4. The van der Waals surface area contributed by atoms with Crippen LogP contribution in [0.4, 0.5) is 30.8 Å². The first-order valence-corrected chi connectivity index (χ1v) is 39.4. The number of H-pyrrole nitrogens is 3. The molecule has 9 aromatic rings. The van der Waals surface area contributed by atoms with Crippen molar-refractivity contribution in [3.63, 3.8) is 0 Å². The van der Waals surface area contributed by atoms with E-state index in [1.165, 1.54) is 73.5 Å². The summed E-state index contributed by atoms with van der Waals surface area (Å²) >= 11 is 0. The van der Waals surface area contributed by atoms with E-state index in [1.54, 1.807) is 91.0 Å². The molecule has 6 aromatic carbocycles. The number of hydrogen-bond acceptors (Lipinski definition) is 25. The highest BCUT2D eigenvalue weighted by Crippen LogP contribution is 2.35. The van der Waals surface area contributed by atoms with Crippen LogP contribution in [-0.2, 0) is 61.4 Å². The molecule has 41 nitrogen and oxygen atoms in total. The Hall–Kier alpha value is -17.9. The molecule has 0 radical (unpaired) electrons. The van der Waals surface area contributed by atoms with E-state index in [4.69, 9.17) is 29.5 Å². The molecule has 17 amide bonds. The number of amides is 17. The highest BCUT2D eigenvalue weighted by atomic mass is 16.6. The summed E-state index contributed by atoms with van der Waals surface area (Å²) in [6.07, 6.45) is 3.54. The van der Waals surface area contributed by atoms with Crippen LogP contribution in [0.15, 0.2) is 153 Å². The number of nitrogens with one attached hydrogen (secondary N) is 12. The quantitative estimate of drug-likeness (QED) is 0.0312. The molecule has 0 saturated carbocycles. The van der Waals surface area contributed by atoms with Crippen molar-refractivity contribution in [2.45, 2.75) is 68.1 Å². The van der Waals surface area contributed by atoms with Crippen molar-refractivity contribution >= 4 is 106 Å². The van der Waals surface area contributed by atoms with Crippen molar-refractivity contribution in [3.05, 3.63) is 243 Å². The molecule has 12 heterocycles. The summed E-state index contributed by atoms with van der Waals surface area (Å²) in [5.74, 6) is 21.4. The molecule has 656 valence electrons. The number of fused-ring (bicyclic) bond motifs is 6. The summed E-state index contributed by atoms with van der Waals surface area (Å²) in [4.78, 5) is 222. The van der Waals surface area contributed by atoms with Crippen molar-refractivity contribution in [1.82, 2.24) is 87.1 Å². The monoisotopic (exact) mass is 1760 g/mol. The van der Waals surface area contributed by atoms with Gasteiger partial charge in [0, 0.05) is 77.7 Å². The molecule has 0 unspecified atom stereocenters. The predicted molar refractivity (Wildman–Crippen MR) is 457 cm³/mol. The van der Waals surface area contributed by atoms with Crippen molar-refractivity contribution < 1.29 is 86.1 Å². The molecule has 4 atom stereocenters. The molecule has 3 aromatic heterocycles. The fraction of sp³-hybridized carbons (Fsp3) is 0.225. The van der Waals surface area contributed by atoms with Gasteiger partial charge in [0.15, 0.2) is 0 Å². The van der Waals surface area contributed by atoms with Gasteiger partial charge in [0.25, 0.3) is 52.8 Å². The molecule has 4 fully saturated rings. The standard InChI is InChI=1S/C24H22N4O5.C23H17N5O6.C23H19N5O5.C19H16N6O5/c1-15(27-33-3)17-6-4-16(5-7-17)10-11-24(22(30)25-23(31)26-24)14-28-13-18-8-9-19(32-2)12-20(18)21(28)29;1-34-14-4-3-13-10-28(19(30)15(13)9-14)11-23(20(31)26-22(33)27-23)7-6-12-2-5-17-16(8-12)18(29)25-21(32)24-17;1-33-16-4-2-15-11-28(20(30)17(15)9-16)12-23(21(31)26-22(32)27-23)7-6-13-8-14-3-5-18(29)25-19(14)24-10-13;1-30-12-3-2-11-8-25(15(26)13(11)6-12)9-19(16(27)23-18(29)24-19)5-4-10-7-21-17(28)22-14(10)20/h4-9,12H,13-14H2,1-3H3,(H2,25,26,30,31);2-5,8-9H,10-11H2,1H3,(H2,24,25,29,32)(H2,26,27,31,33);2,4,8-10H,3,5,11-12H2,1H3,(H,24,25,29)(H2,26,27,31,32);2-3,6-7H,8-9H2,1H3,(H3,20,21,22,28)(H2,23,24,27,29)/t24-;2*23-;19-/m1111/s1. The molecule has 18 rings (SSSR count). The summed E-state index contributed by atoms with van der Waals surface area (Å²) in [6.45, 7) is 2.29. The number of nitrogen functional groups attached to an aromatic ring is 1. The number of oxime groups is 1. The lowest BCUT2D eigenvalue weighted by atomic mass is 9.98. The third-order valence-corrected chi connectivity index (χ3v) is 21.9. The Morgan fingerprint density at radius 1 is 0.415 bits per heavy atom. The molecule has 9 aliphatic rings. The van der Waals surface area contributed by atoms with E-state index in [0.717, 1.165) is 39.6 Å². The molecule has 0 bridgehead atoms. The lowest BCUT2D eigenvalue weighted by molar-refractivity contribution is -0.123. The Morgan fingerprint density at radius 2 is 0.808 bits per heavy atom. The number of carbonyl (C=O) groups is 13. The van der Waals surface area contributed by atoms with Gasteiger partial charge in [-0.1, -0.05) is 88.9 Å². The van der Waals surface area contributed by atoms with Gasteiger partial charge in [-0.15, -0.1) is 0 Å². The average molecular weight is 1760 g/mol. The Kier molecular flexibility index (Phi) is 23.7. The van der Waals surface area contributed by atoms with Gasteiger partial charge < -0.3 is 80.7 Å². The smallest absolute Gasteiger partial charge is 0.346 e. The third kappa shape index (κ3) is 17.8. The zero-order valence-corrected chi connectivity index (χ0v) is 69.6. The third-order valence-electron chi connectivity index (χ3n) is 21.9. The second-order valence-corrected chi connectivity index (χ2v) is 30.4. The second kappa shape index (κ2) is 35.4. The topological polar surface area (TPSA) is 552 Å². The summed E-state index contributed by atoms with van der Waals surface area (Å²) < 4.78 is 20.7. The van der Waals surface area contributed by atoms with Crippen molar-refractivity contribution in [1.29, 1.82) is 0 Å². The van der Waals surface area contributed by atoms with Crippen molar-refractivity contribution in [2.24, 2.45) is 5.16 Å². The number of urea groups is 4. The molecule has 41 heteroatoms. The molecule has 0 spiro atoms. The largest absolute Gasteiger partial charge is 0.497 e. The van der Waals surface area contributed by atoms with Crippen molar-refractivity contribution in [2.75, 3.05) is 72.8 Å². The number of nitrogens with two attached hydrogens (primary N) is 1.